The van der Waals surface area contributed by atoms with Crippen LogP contribution < -0.4 is 11.1 Å². The molecule has 0 bridgehead atoms. The third kappa shape index (κ3) is 18.0. The Balaban J connectivity index is 0.000000181. The molecule has 0 spiro atoms. The number of hydrogen-bond donors (Lipinski definition) is 2. The maximum Gasteiger partial charge on any atom is 0.411 e. The van der Waals surface area contributed by atoms with Gasteiger partial charge in [0.25, 0.3) is 0 Å². The molecular formula is C52H78N12O8S. The molecule has 8 rings (SSSR count). The van der Waals surface area contributed by atoms with Crippen molar-refractivity contribution in [2.24, 2.45) is 0 Å². The third-order valence-electron chi connectivity index (χ3n) is 10.6. The molecule has 3 N–H and O–H groups in total. The zero-order chi connectivity index (χ0) is 54.2. The van der Waals surface area contributed by atoms with Gasteiger partial charge in [0, 0.05) is 53.9 Å². The minimum atomic E-state index is -0.490. The van der Waals surface area contributed by atoms with Crippen molar-refractivity contribution in [2.75, 3.05) is 38.2 Å². The van der Waals surface area contributed by atoms with Crippen LogP contribution in [0.25, 0.3) is 0 Å². The molecule has 7 heterocycles. The van der Waals surface area contributed by atoms with Crippen LogP contribution in [0.1, 0.15) is 147 Å². The topological polar surface area (TPSA) is 224 Å². The summed E-state index contributed by atoms with van der Waals surface area (Å²) in [7, 11) is 4.04. The first-order chi connectivity index (χ1) is 33.8. The second-order valence-electron chi connectivity index (χ2n) is 22.8. The van der Waals surface area contributed by atoms with E-state index in [2.05, 4.69) is 61.1 Å². The van der Waals surface area contributed by atoms with Gasteiger partial charge in [-0.3, -0.25) is 14.7 Å². The number of fused-ring (bicyclic) bond motifs is 4. The van der Waals surface area contributed by atoms with E-state index in [1.54, 1.807) is 38.4 Å². The Hall–Kier alpha value is -6.35. The fourth-order valence-corrected chi connectivity index (χ4v) is 8.80. The lowest BCUT2D eigenvalue weighted by Gasteiger charge is -2.30. The maximum atomic E-state index is 12.4. The molecule has 4 amide bonds. The van der Waals surface area contributed by atoms with E-state index in [1.165, 1.54) is 22.3 Å². The van der Waals surface area contributed by atoms with Gasteiger partial charge in [-0.05, 0) is 122 Å². The van der Waals surface area contributed by atoms with E-state index in [0.29, 0.717) is 51.9 Å². The van der Waals surface area contributed by atoms with E-state index in [-0.39, 0.29) is 36.4 Å². The Morgan fingerprint density at radius 3 is 1.74 bits per heavy atom. The number of benzene rings is 1. The van der Waals surface area contributed by atoms with E-state index in [9.17, 15) is 19.2 Å². The summed E-state index contributed by atoms with van der Waals surface area (Å²) < 4.78 is 21.5. The second-order valence-corrected chi connectivity index (χ2v) is 23.9. The van der Waals surface area contributed by atoms with E-state index < -0.39 is 22.4 Å². The molecule has 4 aliphatic heterocycles. The summed E-state index contributed by atoms with van der Waals surface area (Å²) >= 11 is 1.69. The molecule has 0 saturated heterocycles. The lowest BCUT2D eigenvalue weighted by atomic mass is 10.0. The van der Waals surface area contributed by atoms with Crippen molar-refractivity contribution in [3.8, 4) is 0 Å². The van der Waals surface area contributed by atoms with E-state index in [1.807, 2.05) is 114 Å². The van der Waals surface area contributed by atoms with Crippen LogP contribution in [-0.2, 0) is 64.6 Å². The normalized spacial score (nSPS) is 15.8. The highest BCUT2D eigenvalue weighted by molar-refractivity contribution is 7.15. The lowest BCUT2D eigenvalue weighted by Crippen LogP contribution is -2.39. The van der Waals surface area contributed by atoms with Gasteiger partial charge >= 0.3 is 24.4 Å². The van der Waals surface area contributed by atoms with Gasteiger partial charge in [-0.25, -0.2) is 44.1 Å². The van der Waals surface area contributed by atoms with Crippen LogP contribution in [0.3, 0.4) is 0 Å². The Morgan fingerprint density at radius 2 is 1.19 bits per heavy atom. The number of likely N-dealkylation sites (N-methyl/N-ethyl adjacent to an activating group) is 1. The van der Waals surface area contributed by atoms with Crippen molar-refractivity contribution >= 4 is 46.8 Å². The van der Waals surface area contributed by atoms with Gasteiger partial charge in [-0.15, -0.1) is 11.3 Å². The average molecular weight is 1030 g/mol. The van der Waals surface area contributed by atoms with Crippen molar-refractivity contribution in [1.82, 2.24) is 49.4 Å². The fourth-order valence-electron chi connectivity index (χ4n) is 7.69. The summed E-state index contributed by atoms with van der Waals surface area (Å²) in [4.78, 5) is 78.9. The molecular weight excluding hydrogens is 953 g/mol. The Kier molecular flexibility index (Phi) is 18.7. The molecule has 0 aliphatic carbocycles. The van der Waals surface area contributed by atoms with Gasteiger partial charge in [0.15, 0.2) is 5.13 Å². The molecule has 1 aromatic carbocycles. The summed E-state index contributed by atoms with van der Waals surface area (Å²) in [5, 5.41) is 4.26. The quantitative estimate of drug-likeness (QED) is 0.182. The molecule has 21 heteroatoms. The smallest absolute Gasteiger partial charge is 0.411 e. The zero-order valence-electron chi connectivity index (χ0n) is 45.8. The zero-order valence-corrected chi connectivity index (χ0v) is 46.6. The number of amides is 4. The largest absolute Gasteiger partial charge is 0.444 e. The van der Waals surface area contributed by atoms with Crippen molar-refractivity contribution in [2.45, 2.75) is 177 Å². The van der Waals surface area contributed by atoms with Crippen molar-refractivity contribution in [3.63, 3.8) is 0 Å². The minimum Gasteiger partial charge on any atom is -0.444 e. The number of nitrogen functional groups attached to an aromatic ring is 1. The number of rotatable bonds is 4. The Labute approximate surface area is 435 Å². The summed E-state index contributed by atoms with van der Waals surface area (Å²) in [6.07, 6.45) is 4.62. The van der Waals surface area contributed by atoms with Crippen LogP contribution in [-0.4, -0.2) is 129 Å². The highest BCUT2D eigenvalue weighted by Gasteiger charge is 2.36. The number of hydrogen-bond acceptors (Lipinski definition) is 17. The van der Waals surface area contributed by atoms with Gasteiger partial charge < -0.3 is 39.8 Å². The van der Waals surface area contributed by atoms with E-state index in [4.69, 9.17) is 24.7 Å². The SMILES string of the molecule is CC(C)(C)OC(=O)N1Cc2cnc(N)nc2C1.CC(C)(C)OC(=O)N1Cc2cncnc2C1.CC(C)Nc1nc2c(s1)CCN(C(=O)OC(C)(C)C)C2.CN(C)CC1c2ccccc2CN1C(=O)OC(C)(C)C. The molecule has 73 heavy (non-hydrogen) atoms. The first kappa shape index (κ1) is 57.5. The molecule has 400 valence electrons. The highest BCUT2D eigenvalue weighted by atomic mass is 32.1. The molecule has 4 aromatic rings. The van der Waals surface area contributed by atoms with Crippen LogP contribution in [0.2, 0.25) is 0 Å². The number of nitrogens with two attached hydrogens (primary N) is 1. The predicted molar refractivity (Wildman–Crippen MR) is 280 cm³/mol. The summed E-state index contributed by atoms with van der Waals surface area (Å²) in [5.41, 5.74) is 10.7. The van der Waals surface area contributed by atoms with Gasteiger partial charge in [0.2, 0.25) is 5.95 Å². The number of carbonyl (C=O) groups excluding carboxylic acids is 4. The molecule has 0 radical (unpaired) electrons. The van der Waals surface area contributed by atoms with Crippen molar-refractivity contribution in [1.29, 1.82) is 0 Å². The lowest BCUT2D eigenvalue weighted by molar-refractivity contribution is 0.0147. The number of ether oxygens (including phenoxy) is 4. The van der Waals surface area contributed by atoms with Gasteiger partial charge in [0.05, 0.1) is 62.4 Å². The molecule has 3 aromatic heterocycles. The van der Waals surface area contributed by atoms with Crippen molar-refractivity contribution in [3.05, 3.63) is 87.2 Å². The number of aromatic nitrogens is 5. The highest BCUT2D eigenvalue weighted by Crippen LogP contribution is 2.35. The average Bonchev–Trinajstić information content (AvgIpc) is 4.05. The van der Waals surface area contributed by atoms with Gasteiger partial charge in [-0.2, -0.15) is 0 Å². The van der Waals surface area contributed by atoms with Crippen LogP contribution in [0.5, 0.6) is 0 Å². The van der Waals surface area contributed by atoms with Gasteiger partial charge in [-0.1, -0.05) is 24.3 Å². The van der Waals surface area contributed by atoms with E-state index >= 15 is 0 Å². The summed E-state index contributed by atoms with van der Waals surface area (Å²) in [6.45, 7) is 31.2. The molecule has 4 aliphatic rings. The minimum absolute atomic E-state index is 0.0658. The molecule has 1 atom stereocenters. The predicted octanol–water partition coefficient (Wildman–Crippen LogP) is 9.33. The molecule has 0 fully saturated rings. The van der Waals surface area contributed by atoms with Gasteiger partial charge in [0.1, 0.15) is 28.7 Å². The van der Waals surface area contributed by atoms with Crippen molar-refractivity contribution < 1.29 is 38.1 Å². The summed E-state index contributed by atoms with van der Waals surface area (Å²) in [6, 6.07) is 8.67. The first-order valence-electron chi connectivity index (χ1n) is 24.6. The number of nitrogens with zero attached hydrogens (tertiary/aromatic N) is 10. The molecule has 20 nitrogen and oxygen atoms in total. The van der Waals surface area contributed by atoms with E-state index in [0.717, 1.165) is 46.3 Å². The number of carbonyl (C=O) groups is 4. The third-order valence-corrected chi connectivity index (χ3v) is 11.7. The van der Waals surface area contributed by atoms with Crippen LogP contribution >= 0.6 is 11.3 Å². The second kappa shape index (κ2) is 23.7. The Morgan fingerprint density at radius 1 is 0.671 bits per heavy atom. The van der Waals surface area contributed by atoms with Crippen LogP contribution in [0.4, 0.5) is 30.3 Å². The number of anilines is 2. The first-order valence-corrected chi connectivity index (χ1v) is 25.4. The maximum absolute atomic E-state index is 12.4. The number of thiazole rings is 1. The Bertz CT molecular complexity index is 2520. The monoisotopic (exact) mass is 1030 g/mol. The van der Waals surface area contributed by atoms with Crippen LogP contribution in [0, 0.1) is 0 Å². The van der Waals surface area contributed by atoms with Crippen LogP contribution in [0.15, 0.2) is 43.0 Å². The standard InChI is InChI=1S/C16H24N2O2.C14H23N3O2S.C11H16N4O2.C11H15N3O2/c1-16(2,3)20-15(19)18-10-12-8-6-7-9-13(12)14(18)11-17(4)5;1-9(2)15-12-16-10-8-17(7-6-11(10)20-12)13(18)19-14(3,4)5;1-11(2,3)17-10(16)15-5-7-4-13-9(12)14-8(7)6-15;1-11(2,3)16-10(15)14-5-8-4-12-7-13-9(8)6-14/h6-9,14H,10-11H2,1-5H3;9H,6-8H2,1-5H3,(H,15,16);4H,5-6H2,1-3H3,(H2,12,13,14);4,7H,5-6H2,1-3H3. The number of nitrogens with one attached hydrogen (secondary N) is 1. The fraction of sp³-hybridized carbons (Fsp3) is 0.596. The molecule has 0 saturated carbocycles. The summed E-state index contributed by atoms with van der Waals surface area (Å²) in [5.74, 6) is 0.231. The molecule has 1 unspecified atom stereocenters.